The number of carboxylic acid groups (broad SMARTS) is 1. The van der Waals surface area contributed by atoms with Crippen molar-refractivity contribution in [3.63, 3.8) is 0 Å². The predicted molar refractivity (Wildman–Crippen MR) is 39.6 cm³/mol. The summed E-state index contributed by atoms with van der Waals surface area (Å²) in [6.07, 6.45) is 0.525. The lowest BCUT2D eigenvalue weighted by Crippen LogP contribution is -2.54. The van der Waals surface area contributed by atoms with Gasteiger partial charge in [-0.3, -0.25) is 4.79 Å². The number of quaternary nitrogens is 1. The van der Waals surface area contributed by atoms with Crippen LogP contribution in [0.4, 0.5) is 0 Å². The van der Waals surface area contributed by atoms with Crippen LogP contribution in [-0.2, 0) is 9.59 Å². The standard InChI is InChI=1S/C7H14N2O3/c8-4-5-9-6(10)2-1-3-7(11)12/h1-5,8H2,(H,9,10)(H,11,12). The molecular weight excluding hydrogens is 160 g/mol. The highest BCUT2D eigenvalue weighted by Gasteiger charge is 1.99. The summed E-state index contributed by atoms with van der Waals surface area (Å²) in [4.78, 5) is 20.8. The van der Waals surface area contributed by atoms with Crippen molar-refractivity contribution in [3.05, 3.63) is 0 Å². The molecule has 0 rings (SSSR count). The topological polar surface area (TPSA) is 96.9 Å². The van der Waals surface area contributed by atoms with Gasteiger partial charge < -0.3 is 21.0 Å². The second-order valence-corrected chi connectivity index (χ2v) is 2.43. The molecule has 0 saturated carbocycles. The van der Waals surface area contributed by atoms with Gasteiger partial charge in [0.2, 0.25) is 5.91 Å². The molecule has 0 bridgehead atoms. The maximum atomic E-state index is 10.8. The molecule has 0 radical (unpaired) electrons. The van der Waals surface area contributed by atoms with E-state index in [0.717, 1.165) is 0 Å². The van der Waals surface area contributed by atoms with Crippen LogP contribution in [0.3, 0.4) is 0 Å². The van der Waals surface area contributed by atoms with E-state index >= 15 is 0 Å². The number of rotatable bonds is 6. The van der Waals surface area contributed by atoms with Gasteiger partial charge in [-0.25, -0.2) is 0 Å². The molecule has 5 nitrogen and oxygen atoms in total. The van der Waals surface area contributed by atoms with Gasteiger partial charge in [0.15, 0.2) is 0 Å². The van der Waals surface area contributed by atoms with Gasteiger partial charge in [0.05, 0.1) is 13.1 Å². The number of amides is 1. The van der Waals surface area contributed by atoms with E-state index in [1.807, 2.05) is 0 Å². The van der Waals surface area contributed by atoms with Crippen LogP contribution in [0.1, 0.15) is 19.3 Å². The first kappa shape index (κ1) is 10.9. The van der Waals surface area contributed by atoms with Gasteiger partial charge in [-0.2, -0.15) is 0 Å². The smallest absolute Gasteiger partial charge is 0.220 e. The van der Waals surface area contributed by atoms with Crippen molar-refractivity contribution in [3.8, 4) is 0 Å². The number of carbonyl (C=O) groups excluding carboxylic acids is 2. The van der Waals surface area contributed by atoms with Crippen LogP contribution in [0.25, 0.3) is 0 Å². The van der Waals surface area contributed by atoms with E-state index in [1.165, 1.54) is 0 Å². The molecule has 0 aliphatic rings. The van der Waals surface area contributed by atoms with Crippen molar-refractivity contribution in [1.82, 2.24) is 5.32 Å². The second kappa shape index (κ2) is 6.60. The summed E-state index contributed by atoms with van der Waals surface area (Å²) in [6.45, 7) is 1.19. The average Bonchev–Trinajstić information content (AvgIpc) is 2.00. The SMILES string of the molecule is [NH3+]CCNC(=O)CCCC(=O)[O-]. The molecule has 4 N–H and O–H groups in total. The van der Waals surface area contributed by atoms with E-state index in [1.54, 1.807) is 0 Å². The Bertz CT molecular complexity index is 159. The summed E-state index contributed by atoms with van der Waals surface area (Å²) < 4.78 is 0. The number of carbonyl (C=O) groups is 2. The molecule has 0 unspecified atom stereocenters. The van der Waals surface area contributed by atoms with Gasteiger partial charge in [0.25, 0.3) is 0 Å². The molecule has 0 aliphatic heterocycles. The Balaban J connectivity index is 3.25. The second-order valence-electron chi connectivity index (χ2n) is 2.43. The van der Waals surface area contributed by atoms with Crippen LogP contribution in [-0.4, -0.2) is 25.0 Å². The summed E-state index contributed by atoms with van der Waals surface area (Å²) in [5.41, 5.74) is 3.55. The number of carboxylic acids is 1. The lowest BCUT2D eigenvalue weighted by Gasteiger charge is -2.02. The zero-order valence-electron chi connectivity index (χ0n) is 6.97. The van der Waals surface area contributed by atoms with E-state index in [4.69, 9.17) is 0 Å². The first-order valence-corrected chi connectivity index (χ1v) is 3.92. The lowest BCUT2D eigenvalue weighted by molar-refractivity contribution is -0.364. The molecular formula is C7H14N2O3. The summed E-state index contributed by atoms with van der Waals surface area (Å²) in [6, 6.07) is 0. The van der Waals surface area contributed by atoms with Crippen LogP contribution in [0.2, 0.25) is 0 Å². The Labute approximate surface area is 70.9 Å². The van der Waals surface area contributed by atoms with E-state index in [9.17, 15) is 14.7 Å². The highest BCUT2D eigenvalue weighted by Crippen LogP contribution is 1.92. The fraction of sp³-hybridized carbons (Fsp3) is 0.714. The Morgan fingerprint density at radius 1 is 1.33 bits per heavy atom. The average molecular weight is 174 g/mol. The first-order valence-electron chi connectivity index (χ1n) is 3.92. The normalized spacial score (nSPS) is 9.42. The van der Waals surface area contributed by atoms with Crippen LogP contribution < -0.4 is 16.2 Å². The van der Waals surface area contributed by atoms with Crippen molar-refractivity contribution in [2.45, 2.75) is 19.3 Å². The summed E-state index contributed by atoms with van der Waals surface area (Å²) in [5, 5.41) is 12.5. The Kier molecular flexibility index (Phi) is 6.00. The first-order chi connectivity index (χ1) is 5.66. The predicted octanol–water partition coefficient (Wildman–Crippen LogP) is -2.74. The monoisotopic (exact) mass is 174 g/mol. The van der Waals surface area contributed by atoms with Gasteiger partial charge in [0.1, 0.15) is 0 Å². The summed E-state index contributed by atoms with van der Waals surface area (Å²) in [5.74, 6) is -1.24. The molecule has 0 atom stereocenters. The number of nitrogens with one attached hydrogen (secondary N) is 1. The van der Waals surface area contributed by atoms with Gasteiger partial charge in [-0.05, 0) is 12.8 Å². The van der Waals surface area contributed by atoms with Gasteiger partial charge in [-0.1, -0.05) is 0 Å². The van der Waals surface area contributed by atoms with Crippen molar-refractivity contribution in [2.24, 2.45) is 0 Å². The molecule has 0 aromatic rings. The number of hydrogen-bond donors (Lipinski definition) is 2. The van der Waals surface area contributed by atoms with E-state index in [0.29, 0.717) is 19.5 Å². The summed E-state index contributed by atoms with van der Waals surface area (Å²) in [7, 11) is 0. The molecule has 0 fully saturated rings. The third-order valence-corrected chi connectivity index (χ3v) is 1.28. The van der Waals surface area contributed by atoms with Gasteiger partial charge in [-0.15, -0.1) is 0 Å². The largest absolute Gasteiger partial charge is 0.550 e. The molecule has 0 heterocycles. The highest BCUT2D eigenvalue weighted by molar-refractivity contribution is 5.76. The molecule has 0 aromatic carbocycles. The Hall–Kier alpha value is -1.10. The Morgan fingerprint density at radius 3 is 2.50 bits per heavy atom. The molecule has 12 heavy (non-hydrogen) atoms. The lowest BCUT2D eigenvalue weighted by atomic mass is 10.2. The molecule has 0 aliphatic carbocycles. The fourth-order valence-electron chi connectivity index (χ4n) is 0.709. The van der Waals surface area contributed by atoms with Crippen molar-refractivity contribution in [1.29, 1.82) is 0 Å². The van der Waals surface area contributed by atoms with Crippen LogP contribution in [0, 0.1) is 0 Å². The maximum Gasteiger partial charge on any atom is 0.220 e. The molecule has 1 amide bonds. The number of hydrogen-bond acceptors (Lipinski definition) is 3. The third-order valence-electron chi connectivity index (χ3n) is 1.28. The van der Waals surface area contributed by atoms with Crippen LogP contribution in [0.5, 0.6) is 0 Å². The minimum atomic E-state index is -1.11. The van der Waals surface area contributed by atoms with E-state index in [-0.39, 0.29) is 18.7 Å². The quantitative estimate of drug-likeness (QED) is 0.457. The Morgan fingerprint density at radius 2 is 2.00 bits per heavy atom. The molecule has 70 valence electrons. The van der Waals surface area contributed by atoms with E-state index in [2.05, 4.69) is 11.1 Å². The van der Waals surface area contributed by atoms with Gasteiger partial charge in [0, 0.05) is 12.4 Å². The molecule has 5 heteroatoms. The maximum absolute atomic E-state index is 10.8. The highest BCUT2D eigenvalue weighted by atomic mass is 16.4. The molecule has 0 saturated heterocycles. The minimum absolute atomic E-state index is 0.0577. The summed E-state index contributed by atoms with van der Waals surface area (Å²) >= 11 is 0. The van der Waals surface area contributed by atoms with Crippen LogP contribution >= 0.6 is 0 Å². The zero-order valence-corrected chi connectivity index (χ0v) is 6.97. The zero-order chi connectivity index (χ0) is 9.40. The third kappa shape index (κ3) is 7.01. The van der Waals surface area contributed by atoms with Crippen molar-refractivity contribution < 1.29 is 20.4 Å². The van der Waals surface area contributed by atoms with Gasteiger partial charge >= 0.3 is 0 Å². The van der Waals surface area contributed by atoms with E-state index < -0.39 is 5.97 Å². The minimum Gasteiger partial charge on any atom is -0.550 e. The fourth-order valence-corrected chi connectivity index (χ4v) is 0.709. The molecule has 0 aromatic heterocycles. The number of aliphatic carboxylic acids is 1. The van der Waals surface area contributed by atoms with Crippen molar-refractivity contribution in [2.75, 3.05) is 13.1 Å². The van der Waals surface area contributed by atoms with Crippen LogP contribution in [0.15, 0.2) is 0 Å². The van der Waals surface area contributed by atoms with Crippen molar-refractivity contribution >= 4 is 11.9 Å². The molecule has 0 spiro atoms.